The van der Waals surface area contributed by atoms with Crippen molar-refractivity contribution in [2.45, 2.75) is 26.3 Å². The Kier molecular flexibility index (Phi) is 4.56. The lowest BCUT2D eigenvalue weighted by atomic mass is 10.1. The molecule has 0 spiro atoms. The Labute approximate surface area is 101 Å². The molecule has 90 valence electrons. The molecule has 0 aromatic heterocycles. The second kappa shape index (κ2) is 5.51. The predicted molar refractivity (Wildman–Crippen MR) is 67.7 cm³/mol. The molecule has 0 saturated heterocycles. The Bertz CT molecular complexity index is 347. The van der Waals surface area contributed by atoms with E-state index in [0.29, 0.717) is 5.02 Å². The van der Waals surface area contributed by atoms with Gasteiger partial charge in [-0.1, -0.05) is 11.6 Å². The molecule has 0 aliphatic carbocycles. The SMILES string of the molecule is CC(C)(C)NCCNc1ccc(F)cc1Cl. The van der Waals surface area contributed by atoms with Crippen molar-refractivity contribution in [3.63, 3.8) is 0 Å². The van der Waals surface area contributed by atoms with Crippen molar-refractivity contribution in [1.29, 1.82) is 0 Å². The topological polar surface area (TPSA) is 24.1 Å². The summed E-state index contributed by atoms with van der Waals surface area (Å²) in [6.07, 6.45) is 0. The summed E-state index contributed by atoms with van der Waals surface area (Å²) in [5, 5.41) is 6.91. The summed E-state index contributed by atoms with van der Waals surface area (Å²) >= 11 is 5.88. The fourth-order valence-electron chi connectivity index (χ4n) is 1.27. The van der Waals surface area contributed by atoms with Gasteiger partial charge in [0.1, 0.15) is 5.82 Å². The minimum atomic E-state index is -0.316. The molecule has 0 heterocycles. The predicted octanol–water partition coefficient (Wildman–Crippen LogP) is 3.28. The monoisotopic (exact) mass is 244 g/mol. The van der Waals surface area contributed by atoms with Crippen LogP contribution >= 0.6 is 11.6 Å². The lowest BCUT2D eigenvalue weighted by Gasteiger charge is -2.20. The van der Waals surface area contributed by atoms with E-state index in [0.717, 1.165) is 18.8 Å². The molecule has 16 heavy (non-hydrogen) atoms. The van der Waals surface area contributed by atoms with Gasteiger partial charge in [-0.25, -0.2) is 4.39 Å². The lowest BCUT2D eigenvalue weighted by Crippen LogP contribution is -2.38. The third-order valence-electron chi connectivity index (χ3n) is 2.03. The molecule has 2 N–H and O–H groups in total. The van der Waals surface area contributed by atoms with E-state index >= 15 is 0 Å². The minimum Gasteiger partial charge on any atom is -0.383 e. The molecule has 1 rings (SSSR count). The van der Waals surface area contributed by atoms with Gasteiger partial charge >= 0.3 is 0 Å². The van der Waals surface area contributed by atoms with Gasteiger partial charge in [-0.05, 0) is 39.0 Å². The minimum absolute atomic E-state index is 0.105. The third-order valence-corrected chi connectivity index (χ3v) is 2.34. The largest absolute Gasteiger partial charge is 0.383 e. The van der Waals surface area contributed by atoms with Crippen LogP contribution in [0, 0.1) is 5.82 Å². The quantitative estimate of drug-likeness (QED) is 0.795. The molecule has 0 radical (unpaired) electrons. The molecule has 0 saturated carbocycles. The van der Waals surface area contributed by atoms with E-state index in [2.05, 4.69) is 31.4 Å². The zero-order valence-corrected chi connectivity index (χ0v) is 10.7. The number of nitrogens with one attached hydrogen (secondary N) is 2. The number of halogens is 2. The first kappa shape index (κ1) is 13.3. The smallest absolute Gasteiger partial charge is 0.124 e. The first-order valence-corrected chi connectivity index (χ1v) is 5.70. The van der Waals surface area contributed by atoms with E-state index < -0.39 is 0 Å². The van der Waals surface area contributed by atoms with Gasteiger partial charge in [0, 0.05) is 18.6 Å². The van der Waals surface area contributed by atoms with E-state index in [-0.39, 0.29) is 11.4 Å². The van der Waals surface area contributed by atoms with Gasteiger partial charge in [-0.2, -0.15) is 0 Å². The Morgan fingerprint density at radius 1 is 1.25 bits per heavy atom. The molecule has 0 fully saturated rings. The van der Waals surface area contributed by atoms with E-state index in [1.54, 1.807) is 6.07 Å². The van der Waals surface area contributed by atoms with Crippen molar-refractivity contribution in [1.82, 2.24) is 5.32 Å². The Morgan fingerprint density at radius 3 is 2.50 bits per heavy atom. The first-order valence-electron chi connectivity index (χ1n) is 5.32. The van der Waals surface area contributed by atoms with Gasteiger partial charge in [-0.15, -0.1) is 0 Å². The van der Waals surface area contributed by atoms with Crippen molar-refractivity contribution >= 4 is 17.3 Å². The number of hydrogen-bond donors (Lipinski definition) is 2. The number of anilines is 1. The molecule has 0 amide bonds. The van der Waals surface area contributed by atoms with Crippen LogP contribution in [0.25, 0.3) is 0 Å². The highest BCUT2D eigenvalue weighted by Gasteiger charge is 2.07. The van der Waals surface area contributed by atoms with Crippen LogP contribution in [0.4, 0.5) is 10.1 Å². The van der Waals surface area contributed by atoms with Crippen LogP contribution < -0.4 is 10.6 Å². The van der Waals surface area contributed by atoms with Gasteiger partial charge in [-0.3, -0.25) is 0 Å². The summed E-state index contributed by atoms with van der Waals surface area (Å²) in [5.74, 6) is -0.316. The van der Waals surface area contributed by atoms with Crippen molar-refractivity contribution < 1.29 is 4.39 Å². The Morgan fingerprint density at radius 2 is 1.94 bits per heavy atom. The fourth-order valence-corrected chi connectivity index (χ4v) is 1.50. The standard InChI is InChI=1S/C12H18ClFN2/c1-12(2,3)16-7-6-15-11-5-4-9(14)8-10(11)13/h4-5,8,15-16H,6-7H2,1-3H3. The van der Waals surface area contributed by atoms with E-state index in [1.807, 2.05) is 0 Å². The molecule has 1 aromatic rings. The van der Waals surface area contributed by atoms with Crippen LogP contribution in [0.1, 0.15) is 20.8 Å². The summed E-state index contributed by atoms with van der Waals surface area (Å²) in [6.45, 7) is 7.91. The maximum absolute atomic E-state index is 12.8. The van der Waals surface area contributed by atoms with Crippen LogP contribution in [0.3, 0.4) is 0 Å². The second-order valence-corrected chi connectivity index (χ2v) is 5.13. The van der Waals surface area contributed by atoms with E-state index in [4.69, 9.17) is 11.6 Å². The highest BCUT2D eigenvalue weighted by molar-refractivity contribution is 6.33. The summed E-state index contributed by atoms with van der Waals surface area (Å²) < 4.78 is 12.8. The van der Waals surface area contributed by atoms with E-state index in [9.17, 15) is 4.39 Å². The van der Waals surface area contributed by atoms with Crippen LogP contribution in [0.15, 0.2) is 18.2 Å². The third kappa shape index (κ3) is 4.81. The molecular formula is C12H18ClFN2. The molecule has 0 atom stereocenters. The highest BCUT2D eigenvalue weighted by atomic mass is 35.5. The lowest BCUT2D eigenvalue weighted by molar-refractivity contribution is 0.435. The molecule has 2 nitrogen and oxygen atoms in total. The first-order chi connectivity index (χ1) is 7.38. The fraction of sp³-hybridized carbons (Fsp3) is 0.500. The average molecular weight is 245 g/mol. The van der Waals surface area contributed by atoms with Crippen molar-refractivity contribution in [2.75, 3.05) is 18.4 Å². The normalized spacial score (nSPS) is 11.6. The van der Waals surface area contributed by atoms with Crippen molar-refractivity contribution in [2.24, 2.45) is 0 Å². The van der Waals surface area contributed by atoms with Crippen LogP contribution in [-0.2, 0) is 0 Å². The maximum Gasteiger partial charge on any atom is 0.124 e. The zero-order valence-electron chi connectivity index (χ0n) is 9.90. The maximum atomic E-state index is 12.8. The van der Waals surface area contributed by atoms with Gasteiger partial charge in [0.05, 0.1) is 10.7 Å². The summed E-state index contributed by atoms with van der Waals surface area (Å²) in [6, 6.07) is 4.35. The Balaban J connectivity index is 2.38. The molecule has 0 aliphatic heterocycles. The Hall–Kier alpha value is -0.800. The molecule has 4 heteroatoms. The highest BCUT2D eigenvalue weighted by Crippen LogP contribution is 2.21. The summed E-state index contributed by atoms with van der Waals surface area (Å²) in [4.78, 5) is 0. The van der Waals surface area contributed by atoms with Gasteiger partial charge in [0.15, 0.2) is 0 Å². The van der Waals surface area contributed by atoms with Gasteiger partial charge in [0.2, 0.25) is 0 Å². The molecule has 0 unspecified atom stereocenters. The number of benzene rings is 1. The average Bonchev–Trinajstić information content (AvgIpc) is 2.13. The summed E-state index contributed by atoms with van der Waals surface area (Å²) in [5.41, 5.74) is 0.868. The van der Waals surface area contributed by atoms with Gasteiger partial charge in [0.25, 0.3) is 0 Å². The molecule has 1 aromatic carbocycles. The zero-order chi connectivity index (χ0) is 12.2. The van der Waals surface area contributed by atoms with Crippen LogP contribution in [0.2, 0.25) is 5.02 Å². The van der Waals surface area contributed by atoms with E-state index in [1.165, 1.54) is 12.1 Å². The molecular weight excluding hydrogens is 227 g/mol. The molecule has 0 aliphatic rings. The second-order valence-electron chi connectivity index (χ2n) is 4.73. The molecule has 0 bridgehead atoms. The van der Waals surface area contributed by atoms with Crippen molar-refractivity contribution in [3.8, 4) is 0 Å². The number of hydrogen-bond acceptors (Lipinski definition) is 2. The van der Waals surface area contributed by atoms with Crippen LogP contribution in [0.5, 0.6) is 0 Å². The number of rotatable bonds is 4. The van der Waals surface area contributed by atoms with Gasteiger partial charge < -0.3 is 10.6 Å². The summed E-state index contributed by atoms with van der Waals surface area (Å²) in [7, 11) is 0. The van der Waals surface area contributed by atoms with Crippen LogP contribution in [-0.4, -0.2) is 18.6 Å². The van der Waals surface area contributed by atoms with Crippen molar-refractivity contribution in [3.05, 3.63) is 29.0 Å².